The van der Waals surface area contributed by atoms with Gasteiger partial charge in [-0.05, 0) is 32.4 Å². The van der Waals surface area contributed by atoms with E-state index in [9.17, 15) is 0 Å². The Hall–Kier alpha value is -0.980. The molecule has 0 bridgehead atoms. The van der Waals surface area contributed by atoms with E-state index >= 15 is 0 Å². The summed E-state index contributed by atoms with van der Waals surface area (Å²) in [6.07, 6.45) is 4.93. The van der Waals surface area contributed by atoms with E-state index in [2.05, 4.69) is 19.9 Å². The Labute approximate surface area is 126 Å². The summed E-state index contributed by atoms with van der Waals surface area (Å²) >= 11 is 0. The standard InChI is InChI=1S/C15H26N4O2/c1-2-14-16-15(21-17-14)12-19-7-4-6-18(8-9-19)11-13-5-3-10-20-13/h13H,2-12H2,1H3/t13-/m0/s1. The lowest BCUT2D eigenvalue weighted by Crippen LogP contribution is -2.35. The summed E-state index contributed by atoms with van der Waals surface area (Å²) < 4.78 is 11.0. The van der Waals surface area contributed by atoms with E-state index in [-0.39, 0.29) is 0 Å². The van der Waals surface area contributed by atoms with Gasteiger partial charge in [0.25, 0.3) is 0 Å². The molecule has 0 spiro atoms. The molecule has 2 aliphatic rings. The lowest BCUT2D eigenvalue weighted by atomic mass is 10.2. The molecule has 21 heavy (non-hydrogen) atoms. The van der Waals surface area contributed by atoms with Crippen molar-refractivity contribution in [3.63, 3.8) is 0 Å². The maximum Gasteiger partial charge on any atom is 0.240 e. The molecule has 0 radical (unpaired) electrons. The molecule has 6 heteroatoms. The fourth-order valence-electron chi connectivity index (χ4n) is 3.13. The van der Waals surface area contributed by atoms with Crippen molar-refractivity contribution in [2.45, 2.75) is 45.3 Å². The third kappa shape index (κ3) is 4.25. The molecule has 2 fully saturated rings. The molecule has 0 aliphatic carbocycles. The molecule has 1 aromatic heterocycles. The summed E-state index contributed by atoms with van der Waals surface area (Å²) in [4.78, 5) is 9.36. The van der Waals surface area contributed by atoms with Gasteiger partial charge in [0.2, 0.25) is 5.89 Å². The van der Waals surface area contributed by atoms with Crippen LogP contribution in [0.1, 0.15) is 37.9 Å². The van der Waals surface area contributed by atoms with Gasteiger partial charge < -0.3 is 9.26 Å². The van der Waals surface area contributed by atoms with Gasteiger partial charge in [-0.25, -0.2) is 0 Å². The maximum absolute atomic E-state index is 5.75. The van der Waals surface area contributed by atoms with E-state index in [1.165, 1.54) is 25.8 Å². The van der Waals surface area contributed by atoms with Crippen LogP contribution < -0.4 is 0 Å². The van der Waals surface area contributed by atoms with Crippen molar-refractivity contribution in [3.8, 4) is 0 Å². The van der Waals surface area contributed by atoms with E-state index in [0.717, 1.165) is 57.5 Å². The summed E-state index contributed by atoms with van der Waals surface area (Å²) in [7, 11) is 0. The van der Waals surface area contributed by atoms with Crippen molar-refractivity contribution in [1.82, 2.24) is 19.9 Å². The Kier molecular flexibility index (Phi) is 5.22. The third-order valence-electron chi connectivity index (χ3n) is 4.35. The van der Waals surface area contributed by atoms with Gasteiger partial charge >= 0.3 is 0 Å². The number of aromatic nitrogens is 2. The van der Waals surface area contributed by atoms with Crippen molar-refractivity contribution in [2.75, 3.05) is 39.3 Å². The zero-order valence-electron chi connectivity index (χ0n) is 13.0. The van der Waals surface area contributed by atoms with Crippen LogP contribution in [-0.2, 0) is 17.7 Å². The highest BCUT2D eigenvalue weighted by Gasteiger charge is 2.22. The largest absolute Gasteiger partial charge is 0.377 e. The van der Waals surface area contributed by atoms with Gasteiger partial charge in [-0.3, -0.25) is 9.80 Å². The molecule has 0 aromatic carbocycles. The van der Waals surface area contributed by atoms with Crippen LogP contribution in [0.25, 0.3) is 0 Å². The highest BCUT2D eigenvalue weighted by molar-refractivity contribution is 4.86. The van der Waals surface area contributed by atoms with Gasteiger partial charge in [-0.2, -0.15) is 4.98 Å². The van der Waals surface area contributed by atoms with E-state index < -0.39 is 0 Å². The molecule has 1 atom stereocenters. The van der Waals surface area contributed by atoms with E-state index in [1.54, 1.807) is 0 Å². The predicted molar refractivity (Wildman–Crippen MR) is 79.0 cm³/mol. The van der Waals surface area contributed by atoms with Crippen LogP contribution in [0.2, 0.25) is 0 Å². The summed E-state index contributed by atoms with van der Waals surface area (Å²) in [5.41, 5.74) is 0. The molecule has 3 heterocycles. The second-order valence-corrected chi connectivity index (χ2v) is 6.02. The number of aryl methyl sites for hydroxylation is 1. The predicted octanol–water partition coefficient (Wildman–Crippen LogP) is 1.32. The molecule has 6 nitrogen and oxygen atoms in total. The molecule has 2 aliphatic heterocycles. The average Bonchev–Trinajstić information content (AvgIpc) is 3.10. The fourth-order valence-corrected chi connectivity index (χ4v) is 3.13. The van der Waals surface area contributed by atoms with Crippen LogP contribution in [0.4, 0.5) is 0 Å². The highest BCUT2D eigenvalue weighted by atomic mass is 16.5. The van der Waals surface area contributed by atoms with Crippen LogP contribution in [0, 0.1) is 0 Å². The Bertz CT molecular complexity index is 431. The topological polar surface area (TPSA) is 54.6 Å². The van der Waals surface area contributed by atoms with Crippen LogP contribution in [-0.4, -0.2) is 65.4 Å². The molecule has 3 rings (SSSR count). The molecule has 1 aromatic rings. The van der Waals surface area contributed by atoms with E-state index in [0.29, 0.717) is 6.10 Å². The Morgan fingerprint density at radius 3 is 2.76 bits per heavy atom. The molecule has 0 amide bonds. The minimum absolute atomic E-state index is 0.458. The first-order chi connectivity index (χ1) is 10.3. The summed E-state index contributed by atoms with van der Waals surface area (Å²) in [5.74, 6) is 1.55. The van der Waals surface area contributed by atoms with Crippen LogP contribution in [0.3, 0.4) is 0 Å². The van der Waals surface area contributed by atoms with Crippen molar-refractivity contribution < 1.29 is 9.26 Å². The van der Waals surface area contributed by atoms with Gasteiger partial charge in [0.05, 0.1) is 12.6 Å². The van der Waals surface area contributed by atoms with Crippen molar-refractivity contribution >= 4 is 0 Å². The summed E-state index contributed by atoms with van der Waals surface area (Å²) in [6.45, 7) is 9.30. The molecule has 0 unspecified atom stereocenters. The normalized spacial score (nSPS) is 25.3. The van der Waals surface area contributed by atoms with Crippen molar-refractivity contribution in [1.29, 1.82) is 0 Å². The first-order valence-corrected chi connectivity index (χ1v) is 8.21. The van der Waals surface area contributed by atoms with Crippen LogP contribution in [0.15, 0.2) is 4.52 Å². The minimum Gasteiger partial charge on any atom is -0.377 e. The molecule has 0 N–H and O–H groups in total. The molecule has 2 saturated heterocycles. The van der Waals surface area contributed by atoms with Gasteiger partial charge in [0.15, 0.2) is 5.82 Å². The lowest BCUT2D eigenvalue weighted by Gasteiger charge is -2.23. The van der Waals surface area contributed by atoms with E-state index in [4.69, 9.17) is 9.26 Å². The number of hydrogen-bond donors (Lipinski definition) is 0. The van der Waals surface area contributed by atoms with Gasteiger partial charge in [-0.1, -0.05) is 12.1 Å². The van der Waals surface area contributed by atoms with E-state index in [1.807, 2.05) is 6.92 Å². The number of ether oxygens (including phenoxy) is 1. The minimum atomic E-state index is 0.458. The zero-order chi connectivity index (χ0) is 14.5. The van der Waals surface area contributed by atoms with Crippen LogP contribution >= 0.6 is 0 Å². The van der Waals surface area contributed by atoms with Gasteiger partial charge in [0, 0.05) is 32.7 Å². The van der Waals surface area contributed by atoms with Crippen LogP contribution in [0.5, 0.6) is 0 Å². The van der Waals surface area contributed by atoms with Gasteiger partial charge in [0.1, 0.15) is 0 Å². The second kappa shape index (κ2) is 7.33. The molecule has 118 valence electrons. The maximum atomic E-state index is 5.75. The summed E-state index contributed by atoms with van der Waals surface area (Å²) in [5, 5.41) is 3.97. The average molecular weight is 294 g/mol. The number of hydrogen-bond acceptors (Lipinski definition) is 6. The Balaban J connectivity index is 1.46. The molecular weight excluding hydrogens is 268 g/mol. The number of nitrogens with zero attached hydrogens (tertiary/aromatic N) is 4. The Morgan fingerprint density at radius 1 is 1.14 bits per heavy atom. The second-order valence-electron chi connectivity index (χ2n) is 6.02. The quantitative estimate of drug-likeness (QED) is 0.816. The van der Waals surface area contributed by atoms with Gasteiger partial charge in [-0.15, -0.1) is 0 Å². The highest BCUT2D eigenvalue weighted by Crippen LogP contribution is 2.15. The lowest BCUT2D eigenvalue weighted by molar-refractivity contribution is 0.0741. The number of rotatable bonds is 5. The Morgan fingerprint density at radius 2 is 2.00 bits per heavy atom. The monoisotopic (exact) mass is 294 g/mol. The fraction of sp³-hybridized carbons (Fsp3) is 0.867. The smallest absolute Gasteiger partial charge is 0.240 e. The van der Waals surface area contributed by atoms with Crippen molar-refractivity contribution in [2.24, 2.45) is 0 Å². The molecule has 0 saturated carbocycles. The SMILES string of the molecule is CCc1noc(CN2CCCN(C[C@@H]3CCCO3)CC2)n1. The molecular formula is C15H26N4O2. The first kappa shape index (κ1) is 14.9. The zero-order valence-corrected chi connectivity index (χ0v) is 13.0. The first-order valence-electron chi connectivity index (χ1n) is 8.21. The van der Waals surface area contributed by atoms with Crippen molar-refractivity contribution in [3.05, 3.63) is 11.7 Å². The third-order valence-corrected chi connectivity index (χ3v) is 4.35. The summed E-state index contributed by atoms with van der Waals surface area (Å²) in [6, 6.07) is 0.